The third-order valence-electron chi connectivity index (χ3n) is 0. The van der Waals surface area contributed by atoms with Crippen molar-refractivity contribution >= 4 is 13.9 Å². The molecule has 0 aliphatic carbocycles. The first-order chi connectivity index (χ1) is 3.46. The van der Waals surface area contributed by atoms with Crippen LogP contribution >= 0.6 is 7.92 Å². The molecule has 0 saturated heterocycles. The lowest BCUT2D eigenvalue weighted by Crippen LogP contribution is -1.78. The minimum Gasteiger partial charge on any atom is -0.481 e. The number of carboxylic acids is 1. The molecule has 0 unspecified atom stereocenters. The zero-order chi connectivity index (χ0) is 7.15. The van der Waals surface area contributed by atoms with Gasteiger partial charge in [0.2, 0.25) is 0 Å². The molecule has 2 nitrogen and oxygen atoms in total. The quantitative estimate of drug-likeness (QED) is 0.512. The van der Waals surface area contributed by atoms with Gasteiger partial charge in [0.15, 0.2) is 0 Å². The van der Waals surface area contributed by atoms with Crippen LogP contribution in [0.5, 0.6) is 0 Å². The summed E-state index contributed by atoms with van der Waals surface area (Å²) in [6.07, 6.45) is 0. The van der Waals surface area contributed by atoms with E-state index in [1.54, 1.807) is 0 Å². The number of rotatable bonds is 0. The Kier molecular flexibility index (Phi) is 9.32. The lowest BCUT2D eigenvalue weighted by Gasteiger charge is -1.81. The highest BCUT2D eigenvalue weighted by molar-refractivity contribution is 7.55. The lowest BCUT2D eigenvalue weighted by molar-refractivity contribution is -0.134. The Morgan fingerprint density at radius 1 is 1.38 bits per heavy atom. The fourth-order valence-electron chi connectivity index (χ4n) is 0. The fraction of sp³-hybridized carbons (Fsp3) is 0.800. The summed E-state index contributed by atoms with van der Waals surface area (Å²) in [7, 11) is 0.380. The molecule has 0 aromatic heterocycles. The summed E-state index contributed by atoms with van der Waals surface area (Å²) < 4.78 is 0. The Bertz CT molecular complexity index is 54.7. The van der Waals surface area contributed by atoms with Crippen LogP contribution in [0.2, 0.25) is 0 Å². The van der Waals surface area contributed by atoms with Crippen molar-refractivity contribution in [2.45, 2.75) is 6.92 Å². The monoisotopic (exact) mass is 136 g/mol. The highest BCUT2D eigenvalue weighted by Gasteiger charge is 1.66. The molecule has 3 heteroatoms. The van der Waals surface area contributed by atoms with Crippen molar-refractivity contribution in [3.8, 4) is 0 Å². The Morgan fingerprint density at radius 2 is 1.38 bits per heavy atom. The molecule has 8 heavy (non-hydrogen) atoms. The molecule has 0 fully saturated rings. The Labute approximate surface area is 51.7 Å². The minimum atomic E-state index is -0.833. The number of hydrogen-bond donors (Lipinski definition) is 1. The van der Waals surface area contributed by atoms with E-state index in [-0.39, 0.29) is 0 Å². The largest absolute Gasteiger partial charge is 0.481 e. The number of carbonyl (C=O) groups is 1. The predicted octanol–water partition coefficient (Wildman–Crippen LogP) is 1.45. The van der Waals surface area contributed by atoms with E-state index in [0.717, 1.165) is 6.92 Å². The summed E-state index contributed by atoms with van der Waals surface area (Å²) >= 11 is 0. The Hall–Kier alpha value is -0.100. The molecule has 0 radical (unpaired) electrons. The molecule has 0 atom stereocenters. The summed E-state index contributed by atoms with van der Waals surface area (Å²) in [6, 6.07) is 0. The molecule has 0 aromatic carbocycles. The van der Waals surface area contributed by atoms with E-state index in [2.05, 4.69) is 20.0 Å². The molecular weight excluding hydrogens is 123 g/mol. The molecule has 0 bridgehead atoms. The van der Waals surface area contributed by atoms with E-state index in [9.17, 15) is 0 Å². The second kappa shape index (κ2) is 6.90. The van der Waals surface area contributed by atoms with Crippen LogP contribution in [-0.4, -0.2) is 31.1 Å². The van der Waals surface area contributed by atoms with Gasteiger partial charge < -0.3 is 5.11 Å². The van der Waals surface area contributed by atoms with Gasteiger partial charge in [-0.3, -0.25) is 4.79 Å². The van der Waals surface area contributed by atoms with Gasteiger partial charge in [0.25, 0.3) is 5.97 Å². The van der Waals surface area contributed by atoms with Gasteiger partial charge in [-0.15, -0.1) is 7.92 Å². The number of hydrogen-bond acceptors (Lipinski definition) is 1. The van der Waals surface area contributed by atoms with E-state index in [0.29, 0.717) is 7.92 Å². The molecule has 1 N–H and O–H groups in total. The van der Waals surface area contributed by atoms with Crippen LogP contribution in [0, 0.1) is 0 Å². The van der Waals surface area contributed by atoms with Gasteiger partial charge in [-0.1, -0.05) is 0 Å². The van der Waals surface area contributed by atoms with Gasteiger partial charge in [0, 0.05) is 6.92 Å². The summed E-state index contributed by atoms with van der Waals surface area (Å²) in [5.74, 6) is -0.833. The van der Waals surface area contributed by atoms with Gasteiger partial charge in [0.05, 0.1) is 0 Å². The SMILES string of the molecule is CC(=O)O.CP(C)C. The first kappa shape index (κ1) is 10.8. The average molecular weight is 136 g/mol. The summed E-state index contributed by atoms with van der Waals surface area (Å²) in [6.45, 7) is 7.78. The zero-order valence-electron chi connectivity index (χ0n) is 5.80. The molecule has 0 amide bonds. The van der Waals surface area contributed by atoms with E-state index >= 15 is 0 Å². The van der Waals surface area contributed by atoms with Crippen LogP contribution in [0.15, 0.2) is 0 Å². The minimum absolute atomic E-state index is 0.380. The first-order valence-corrected chi connectivity index (χ1v) is 4.95. The average Bonchev–Trinajstić information content (AvgIpc) is 1.25. The third kappa shape index (κ3) is 14200. The molecule has 50 valence electrons. The Balaban J connectivity index is 0. The summed E-state index contributed by atoms with van der Waals surface area (Å²) in [5, 5.41) is 7.42. The second-order valence-corrected chi connectivity index (χ2v) is 4.54. The van der Waals surface area contributed by atoms with Gasteiger partial charge >= 0.3 is 0 Å². The lowest BCUT2D eigenvalue weighted by atomic mass is 10.9. The van der Waals surface area contributed by atoms with E-state index < -0.39 is 5.97 Å². The normalized spacial score (nSPS) is 7.62. The van der Waals surface area contributed by atoms with E-state index in [1.165, 1.54) is 0 Å². The first-order valence-electron chi connectivity index (χ1n) is 2.27. The highest BCUT2D eigenvalue weighted by atomic mass is 31.1. The molecule has 0 spiro atoms. The van der Waals surface area contributed by atoms with Crippen LogP contribution in [0.3, 0.4) is 0 Å². The zero-order valence-corrected chi connectivity index (χ0v) is 6.70. The van der Waals surface area contributed by atoms with Crippen molar-refractivity contribution in [1.82, 2.24) is 0 Å². The molecule has 0 aromatic rings. The van der Waals surface area contributed by atoms with Crippen molar-refractivity contribution in [2.24, 2.45) is 0 Å². The van der Waals surface area contributed by atoms with E-state index in [4.69, 9.17) is 9.90 Å². The summed E-state index contributed by atoms with van der Waals surface area (Å²) in [4.78, 5) is 9.00. The summed E-state index contributed by atoms with van der Waals surface area (Å²) in [5.41, 5.74) is 0. The molecule has 0 aliphatic heterocycles. The molecule has 0 saturated carbocycles. The smallest absolute Gasteiger partial charge is 0.300 e. The molecular formula is C5H13O2P. The third-order valence-corrected chi connectivity index (χ3v) is 0. The van der Waals surface area contributed by atoms with Crippen molar-refractivity contribution in [3.63, 3.8) is 0 Å². The topological polar surface area (TPSA) is 37.3 Å². The van der Waals surface area contributed by atoms with Crippen LogP contribution < -0.4 is 0 Å². The van der Waals surface area contributed by atoms with Crippen molar-refractivity contribution in [3.05, 3.63) is 0 Å². The number of carboxylic acid groups (broad SMARTS) is 1. The van der Waals surface area contributed by atoms with Crippen LogP contribution in [0.25, 0.3) is 0 Å². The highest BCUT2D eigenvalue weighted by Crippen LogP contribution is 2.14. The van der Waals surface area contributed by atoms with Crippen molar-refractivity contribution in [2.75, 3.05) is 20.0 Å². The molecule has 0 heterocycles. The van der Waals surface area contributed by atoms with Gasteiger partial charge in [-0.2, -0.15) is 0 Å². The van der Waals surface area contributed by atoms with E-state index in [1.807, 2.05) is 0 Å². The molecule has 0 rings (SSSR count). The van der Waals surface area contributed by atoms with Gasteiger partial charge in [0.1, 0.15) is 0 Å². The van der Waals surface area contributed by atoms with Crippen molar-refractivity contribution < 1.29 is 9.90 Å². The fourth-order valence-corrected chi connectivity index (χ4v) is 0. The van der Waals surface area contributed by atoms with Crippen molar-refractivity contribution in [1.29, 1.82) is 0 Å². The van der Waals surface area contributed by atoms with Crippen LogP contribution in [0.4, 0.5) is 0 Å². The maximum Gasteiger partial charge on any atom is 0.300 e. The standard InChI is InChI=1S/C3H9P.C2H4O2/c1-4(2)3;1-2(3)4/h1-3H3;1H3,(H,3,4). The Morgan fingerprint density at radius 3 is 1.38 bits per heavy atom. The predicted molar refractivity (Wildman–Crippen MR) is 38.0 cm³/mol. The van der Waals surface area contributed by atoms with Gasteiger partial charge in [-0.25, -0.2) is 0 Å². The molecule has 0 aliphatic rings. The van der Waals surface area contributed by atoms with Gasteiger partial charge in [-0.05, 0) is 20.0 Å². The maximum absolute atomic E-state index is 9.00. The maximum atomic E-state index is 9.00. The number of aliphatic carboxylic acids is 1. The van der Waals surface area contributed by atoms with Crippen LogP contribution in [-0.2, 0) is 4.79 Å². The van der Waals surface area contributed by atoms with Crippen LogP contribution in [0.1, 0.15) is 6.92 Å². The second-order valence-electron chi connectivity index (χ2n) is 1.86.